The van der Waals surface area contributed by atoms with Crippen LogP contribution in [0.25, 0.3) is 0 Å². The van der Waals surface area contributed by atoms with Gasteiger partial charge >= 0.3 is 0 Å². The van der Waals surface area contributed by atoms with Gasteiger partial charge in [-0.2, -0.15) is 0 Å². The summed E-state index contributed by atoms with van der Waals surface area (Å²) in [7, 11) is 0. The monoisotopic (exact) mass is 282 g/mol. The van der Waals surface area contributed by atoms with Crippen molar-refractivity contribution in [1.29, 1.82) is 0 Å². The normalized spacial score (nSPS) is 45.9. The van der Waals surface area contributed by atoms with Crippen molar-refractivity contribution in [2.24, 2.45) is 11.8 Å². The van der Waals surface area contributed by atoms with Crippen LogP contribution < -0.4 is 0 Å². The van der Waals surface area contributed by atoms with Gasteiger partial charge in [0.25, 0.3) is 0 Å². The topological polar surface area (TPSA) is 38.7 Å². The number of rotatable bonds is 3. The Bertz CT molecular complexity index is 314. The Kier molecular flexibility index (Phi) is 4.40. The van der Waals surface area contributed by atoms with E-state index in [1.807, 2.05) is 0 Å². The van der Waals surface area contributed by atoms with Gasteiger partial charge < -0.3 is 14.6 Å². The second kappa shape index (κ2) is 5.94. The molecule has 3 fully saturated rings. The summed E-state index contributed by atoms with van der Waals surface area (Å²) in [6, 6.07) is 0. The number of hydrogen-bond acceptors (Lipinski definition) is 3. The molecular weight excluding hydrogens is 252 g/mol. The zero-order valence-electron chi connectivity index (χ0n) is 12.9. The summed E-state index contributed by atoms with van der Waals surface area (Å²) in [5.41, 5.74) is -0.497. The predicted molar refractivity (Wildman–Crippen MR) is 78.7 cm³/mol. The van der Waals surface area contributed by atoms with Gasteiger partial charge in [-0.1, -0.05) is 19.8 Å². The van der Waals surface area contributed by atoms with Crippen LogP contribution in [0, 0.1) is 11.8 Å². The first kappa shape index (κ1) is 14.8. The quantitative estimate of drug-likeness (QED) is 0.863. The minimum atomic E-state index is -0.427. The highest BCUT2D eigenvalue weighted by Crippen LogP contribution is 2.46. The van der Waals surface area contributed by atoms with Gasteiger partial charge in [-0.3, -0.25) is 0 Å². The molecule has 0 aromatic heterocycles. The number of ether oxygens (including phenoxy) is 2. The van der Waals surface area contributed by atoms with Crippen LogP contribution in [0.5, 0.6) is 0 Å². The fourth-order valence-corrected chi connectivity index (χ4v) is 4.63. The molecule has 0 aromatic carbocycles. The molecule has 116 valence electrons. The largest absolute Gasteiger partial charge is 0.390 e. The molecule has 2 unspecified atom stereocenters. The molecule has 2 atom stereocenters. The zero-order chi connectivity index (χ0) is 14.1. The Hall–Kier alpha value is -0.120. The Morgan fingerprint density at radius 3 is 2.55 bits per heavy atom. The molecule has 3 aliphatic rings. The van der Waals surface area contributed by atoms with Crippen LogP contribution in [-0.2, 0) is 9.47 Å². The Morgan fingerprint density at radius 2 is 1.90 bits per heavy atom. The lowest BCUT2D eigenvalue weighted by molar-refractivity contribution is -0.154. The summed E-state index contributed by atoms with van der Waals surface area (Å²) in [5.74, 6) is 1.27. The van der Waals surface area contributed by atoms with Crippen molar-refractivity contribution in [1.82, 2.24) is 0 Å². The van der Waals surface area contributed by atoms with E-state index >= 15 is 0 Å². The van der Waals surface area contributed by atoms with E-state index in [4.69, 9.17) is 9.47 Å². The Balaban J connectivity index is 1.60. The molecule has 2 aliphatic heterocycles. The van der Waals surface area contributed by atoms with Gasteiger partial charge in [-0.05, 0) is 50.4 Å². The van der Waals surface area contributed by atoms with Crippen LogP contribution >= 0.6 is 0 Å². The van der Waals surface area contributed by atoms with Gasteiger partial charge in [0.05, 0.1) is 17.8 Å². The highest BCUT2D eigenvalue weighted by atomic mass is 16.6. The standard InChI is InChI=1S/C17H30O3/c1-2-3-14-4-7-17(18,8-5-14)15-6-10-20-16(12-15)9-11-19-13-16/h14-15,18H,2-13H2,1H3. The first-order valence-electron chi connectivity index (χ1n) is 8.60. The third-order valence-corrected chi connectivity index (χ3v) is 5.99. The number of hydrogen-bond donors (Lipinski definition) is 1. The van der Waals surface area contributed by atoms with E-state index < -0.39 is 5.60 Å². The molecule has 0 aromatic rings. The van der Waals surface area contributed by atoms with Crippen molar-refractivity contribution in [3.63, 3.8) is 0 Å². The maximum atomic E-state index is 11.1. The van der Waals surface area contributed by atoms with E-state index in [0.717, 1.165) is 57.8 Å². The van der Waals surface area contributed by atoms with Crippen LogP contribution in [0.2, 0.25) is 0 Å². The summed E-state index contributed by atoms with van der Waals surface area (Å²) in [6.45, 7) is 4.62. The van der Waals surface area contributed by atoms with Crippen LogP contribution in [0.3, 0.4) is 0 Å². The van der Waals surface area contributed by atoms with E-state index in [-0.39, 0.29) is 5.60 Å². The van der Waals surface area contributed by atoms with Crippen LogP contribution in [-0.4, -0.2) is 36.1 Å². The first-order valence-corrected chi connectivity index (χ1v) is 8.60. The van der Waals surface area contributed by atoms with Gasteiger partial charge in [-0.25, -0.2) is 0 Å². The molecule has 1 aliphatic carbocycles. The van der Waals surface area contributed by atoms with Gasteiger partial charge in [0.1, 0.15) is 0 Å². The van der Waals surface area contributed by atoms with Crippen molar-refractivity contribution in [2.45, 2.75) is 75.9 Å². The van der Waals surface area contributed by atoms with Gasteiger partial charge in [0.2, 0.25) is 0 Å². The average molecular weight is 282 g/mol. The zero-order valence-corrected chi connectivity index (χ0v) is 12.9. The van der Waals surface area contributed by atoms with Gasteiger partial charge in [-0.15, -0.1) is 0 Å². The molecule has 0 radical (unpaired) electrons. The summed E-state index contributed by atoms with van der Waals surface area (Å²) < 4.78 is 11.6. The highest BCUT2D eigenvalue weighted by molar-refractivity contribution is 4.99. The summed E-state index contributed by atoms with van der Waals surface area (Å²) in [4.78, 5) is 0. The molecule has 1 saturated carbocycles. The lowest BCUT2D eigenvalue weighted by Crippen LogP contribution is -2.50. The van der Waals surface area contributed by atoms with E-state index in [2.05, 4.69) is 6.92 Å². The van der Waals surface area contributed by atoms with E-state index in [9.17, 15) is 5.11 Å². The maximum Gasteiger partial charge on any atom is 0.0940 e. The van der Waals surface area contributed by atoms with Crippen LogP contribution in [0.1, 0.15) is 64.7 Å². The molecule has 2 heterocycles. The second-order valence-electron chi connectivity index (χ2n) is 7.36. The minimum Gasteiger partial charge on any atom is -0.390 e. The molecule has 1 N–H and O–H groups in total. The molecule has 2 saturated heterocycles. The summed E-state index contributed by atoms with van der Waals surface area (Å²) in [6.07, 6.45) is 10.1. The van der Waals surface area contributed by atoms with E-state index in [1.165, 1.54) is 25.7 Å². The third kappa shape index (κ3) is 2.90. The fraction of sp³-hybridized carbons (Fsp3) is 1.00. The van der Waals surface area contributed by atoms with Crippen molar-refractivity contribution in [2.75, 3.05) is 19.8 Å². The highest BCUT2D eigenvalue weighted by Gasteiger charge is 2.48. The molecule has 1 spiro atoms. The van der Waals surface area contributed by atoms with Gasteiger partial charge in [0, 0.05) is 19.6 Å². The van der Waals surface area contributed by atoms with Crippen molar-refractivity contribution >= 4 is 0 Å². The smallest absolute Gasteiger partial charge is 0.0940 e. The fourth-order valence-electron chi connectivity index (χ4n) is 4.63. The van der Waals surface area contributed by atoms with Crippen LogP contribution in [0.4, 0.5) is 0 Å². The molecule has 0 bridgehead atoms. The Morgan fingerprint density at radius 1 is 1.10 bits per heavy atom. The SMILES string of the molecule is CCCC1CCC(O)(C2CCOC3(CCOC3)C2)CC1. The van der Waals surface area contributed by atoms with Gasteiger partial charge in [0.15, 0.2) is 0 Å². The molecule has 20 heavy (non-hydrogen) atoms. The summed E-state index contributed by atoms with van der Waals surface area (Å²) >= 11 is 0. The molecule has 3 rings (SSSR count). The number of aliphatic hydroxyl groups is 1. The summed E-state index contributed by atoms with van der Waals surface area (Å²) in [5, 5.41) is 11.1. The maximum absolute atomic E-state index is 11.1. The van der Waals surface area contributed by atoms with E-state index in [1.54, 1.807) is 0 Å². The molecule has 0 amide bonds. The van der Waals surface area contributed by atoms with Crippen molar-refractivity contribution in [3.05, 3.63) is 0 Å². The average Bonchev–Trinajstić information content (AvgIpc) is 2.90. The van der Waals surface area contributed by atoms with Crippen LogP contribution in [0.15, 0.2) is 0 Å². The lowest BCUT2D eigenvalue weighted by Gasteiger charge is -2.47. The molecule has 3 heteroatoms. The van der Waals surface area contributed by atoms with E-state index in [0.29, 0.717) is 5.92 Å². The first-order chi connectivity index (χ1) is 9.66. The molecule has 3 nitrogen and oxygen atoms in total. The van der Waals surface area contributed by atoms with Crippen molar-refractivity contribution < 1.29 is 14.6 Å². The van der Waals surface area contributed by atoms with Crippen molar-refractivity contribution in [3.8, 4) is 0 Å². The predicted octanol–water partition coefficient (Wildman–Crippen LogP) is 3.29. The lowest BCUT2D eigenvalue weighted by atomic mass is 9.66. The minimum absolute atomic E-state index is 0.0705. The molecular formula is C17H30O3. The Labute approximate surface area is 123 Å². The third-order valence-electron chi connectivity index (χ3n) is 5.99. The second-order valence-corrected chi connectivity index (χ2v) is 7.36.